The molecule has 0 saturated heterocycles. The second-order valence-corrected chi connectivity index (χ2v) is 6.69. The van der Waals surface area contributed by atoms with E-state index in [9.17, 15) is 9.59 Å². The Labute approximate surface area is 160 Å². The average Bonchev–Trinajstić information content (AvgIpc) is 3.08. The third-order valence-corrected chi connectivity index (χ3v) is 4.78. The molecule has 0 unspecified atom stereocenters. The molecule has 0 bridgehead atoms. The Morgan fingerprint density at radius 1 is 1.04 bits per heavy atom. The van der Waals surface area contributed by atoms with E-state index in [1.165, 1.54) is 25.6 Å². The summed E-state index contributed by atoms with van der Waals surface area (Å²) in [7, 11) is 3.06. The summed E-state index contributed by atoms with van der Waals surface area (Å²) in [6.07, 6.45) is 0.390. The Morgan fingerprint density at radius 3 is 2.37 bits per heavy atom. The molecule has 1 heterocycles. The molecule has 8 heteroatoms. The van der Waals surface area contributed by atoms with E-state index in [0.29, 0.717) is 39.8 Å². The molecule has 3 rings (SSSR count). The standard InChI is InChI=1S/C19H19N3O4S/c1-4-17(23)22-19-21-15-9-12(5-6-16(15)27-19)20-18(24)11-7-13(25-2)10-14(8-11)26-3/h5-10H,4H2,1-3H3,(H,20,24)(H,21,22,23). The number of ether oxygens (including phenoxy) is 2. The van der Waals surface area contributed by atoms with Gasteiger partial charge in [-0.15, -0.1) is 0 Å². The zero-order valence-corrected chi connectivity index (χ0v) is 16.0. The van der Waals surface area contributed by atoms with Crippen molar-refractivity contribution in [2.45, 2.75) is 13.3 Å². The van der Waals surface area contributed by atoms with Gasteiger partial charge in [0.15, 0.2) is 5.13 Å². The first kappa shape index (κ1) is 18.7. The second-order valence-electron chi connectivity index (χ2n) is 5.66. The number of aromatic nitrogens is 1. The molecule has 0 spiro atoms. The van der Waals surface area contributed by atoms with Crippen LogP contribution in [0.25, 0.3) is 10.2 Å². The maximum atomic E-state index is 12.6. The molecule has 27 heavy (non-hydrogen) atoms. The van der Waals surface area contributed by atoms with E-state index >= 15 is 0 Å². The number of thiazole rings is 1. The fraction of sp³-hybridized carbons (Fsp3) is 0.211. The molecule has 2 amide bonds. The Morgan fingerprint density at radius 2 is 1.74 bits per heavy atom. The average molecular weight is 385 g/mol. The highest BCUT2D eigenvalue weighted by molar-refractivity contribution is 7.22. The Kier molecular flexibility index (Phi) is 5.56. The highest BCUT2D eigenvalue weighted by atomic mass is 32.1. The number of rotatable bonds is 6. The van der Waals surface area contributed by atoms with Crippen LogP contribution in [-0.4, -0.2) is 31.0 Å². The molecule has 0 saturated carbocycles. The lowest BCUT2D eigenvalue weighted by atomic mass is 10.1. The largest absolute Gasteiger partial charge is 0.497 e. The first-order valence-corrected chi connectivity index (χ1v) is 9.09. The predicted octanol–water partition coefficient (Wildman–Crippen LogP) is 3.91. The van der Waals surface area contributed by atoms with Gasteiger partial charge in [-0.2, -0.15) is 0 Å². The van der Waals surface area contributed by atoms with Gasteiger partial charge >= 0.3 is 0 Å². The van der Waals surface area contributed by atoms with E-state index in [1.807, 2.05) is 6.07 Å². The minimum atomic E-state index is -0.290. The molecular formula is C19H19N3O4S. The molecule has 2 N–H and O–H groups in total. The highest BCUT2D eigenvalue weighted by Gasteiger charge is 2.12. The summed E-state index contributed by atoms with van der Waals surface area (Å²) in [5.74, 6) is 0.687. The predicted molar refractivity (Wildman–Crippen MR) is 106 cm³/mol. The molecule has 0 aliphatic heterocycles. The molecule has 0 radical (unpaired) electrons. The Balaban J connectivity index is 1.81. The van der Waals surface area contributed by atoms with E-state index in [4.69, 9.17) is 9.47 Å². The SMILES string of the molecule is CCC(=O)Nc1nc2cc(NC(=O)c3cc(OC)cc(OC)c3)ccc2s1. The fourth-order valence-corrected chi connectivity index (χ4v) is 3.27. The molecule has 0 aliphatic carbocycles. The van der Waals surface area contributed by atoms with Gasteiger partial charge < -0.3 is 20.1 Å². The van der Waals surface area contributed by atoms with Gasteiger partial charge in [-0.3, -0.25) is 9.59 Å². The summed E-state index contributed by atoms with van der Waals surface area (Å²) in [5, 5.41) is 6.13. The van der Waals surface area contributed by atoms with Crippen molar-refractivity contribution in [1.82, 2.24) is 4.98 Å². The Bertz CT molecular complexity index is 978. The molecule has 2 aromatic carbocycles. The summed E-state index contributed by atoms with van der Waals surface area (Å²) in [6.45, 7) is 1.78. The number of hydrogen-bond donors (Lipinski definition) is 2. The van der Waals surface area contributed by atoms with Gasteiger partial charge in [-0.25, -0.2) is 4.98 Å². The first-order chi connectivity index (χ1) is 13.0. The molecule has 3 aromatic rings. The zero-order chi connectivity index (χ0) is 19.4. The van der Waals surface area contributed by atoms with Crippen LogP contribution in [0.15, 0.2) is 36.4 Å². The number of nitrogens with zero attached hydrogens (tertiary/aromatic N) is 1. The van der Waals surface area contributed by atoms with Crippen molar-refractivity contribution in [2.75, 3.05) is 24.9 Å². The summed E-state index contributed by atoms with van der Waals surface area (Å²) in [6, 6.07) is 10.4. The van der Waals surface area contributed by atoms with Crippen LogP contribution in [0.3, 0.4) is 0 Å². The van der Waals surface area contributed by atoms with Crippen molar-refractivity contribution in [3.05, 3.63) is 42.0 Å². The smallest absolute Gasteiger partial charge is 0.255 e. The van der Waals surface area contributed by atoms with Crippen molar-refractivity contribution in [3.63, 3.8) is 0 Å². The number of carbonyl (C=O) groups is 2. The number of methoxy groups -OCH3 is 2. The van der Waals surface area contributed by atoms with Crippen LogP contribution in [0.1, 0.15) is 23.7 Å². The number of nitrogens with one attached hydrogen (secondary N) is 2. The maximum Gasteiger partial charge on any atom is 0.255 e. The van der Waals surface area contributed by atoms with Gasteiger partial charge in [-0.1, -0.05) is 18.3 Å². The summed E-state index contributed by atoms with van der Waals surface area (Å²) >= 11 is 1.39. The van der Waals surface area contributed by atoms with E-state index in [2.05, 4.69) is 15.6 Å². The third-order valence-electron chi connectivity index (χ3n) is 3.83. The zero-order valence-electron chi connectivity index (χ0n) is 15.2. The normalized spacial score (nSPS) is 10.5. The van der Waals surface area contributed by atoms with Crippen LogP contribution in [0.2, 0.25) is 0 Å². The van der Waals surface area contributed by atoms with Gasteiger partial charge in [-0.05, 0) is 30.3 Å². The van der Waals surface area contributed by atoms with Crippen molar-refractivity contribution in [3.8, 4) is 11.5 Å². The second kappa shape index (κ2) is 8.05. The van der Waals surface area contributed by atoms with E-state index in [-0.39, 0.29) is 11.8 Å². The molecule has 1 aromatic heterocycles. The van der Waals surface area contributed by atoms with E-state index in [0.717, 1.165) is 4.70 Å². The van der Waals surface area contributed by atoms with Gasteiger partial charge in [0, 0.05) is 23.7 Å². The van der Waals surface area contributed by atoms with Crippen LogP contribution < -0.4 is 20.1 Å². The van der Waals surface area contributed by atoms with Crippen LogP contribution >= 0.6 is 11.3 Å². The van der Waals surface area contributed by atoms with Crippen molar-refractivity contribution in [2.24, 2.45) is 0 Å². The topological polar surface area (TPSA) is 89.6 Å². The molecule has 140 valence electrons. The fourth-order valence-electron chi connectivity index (χ4n) is 2.41. The molecule has 0 aliphatic rings. The number of anilines is 2. The molecule has 0 atom stereocenters. The van der Waals surface area contributed by atoms with Crippen LogP contribution in [0.5, 0.6) is 11.5 Å². The summed E-state index contributed by atoms with van der Waals surface area (Å²) in [4.78, 5) is 28.5. The third kappa shape index (κ3) is 4.35. The van der Waals surface area contributed by atoms with Crippen LogP contribution in [0, 0.1) is 0 Å². The van der Waals surface area contributed by atoms with Crippen molar-refractivity contribution >= 4 is 44.2 Å². The number of amides is 2. The number of carbonyl (C=O) groups excluding carboxylic acids is 2. The van der Waals surface area contributed by atoms with Gasteiger partial charge in [0.25, 0.3) is 5.91 Å². The lowest BCUT2D eigenvalue weighted by molar-refractivity contribution is -0.115. The summed E-state index contributed by atoms with van der Waals surface area (Å²) < 4.78 is 11.3. The van der Waals surface area contributed by atoms with E-state index in [1.54, 1.807) is 37.3 Å². The number of benzene rings is 2. The van der Waals surface area contributed by atoms with Gasteiger partial charge in [0.2, 0.25) is 5.91 Å². The molecular weight excluding hydrogens is 366 g/mol. The van der Waals surface area contributed by atoms with Crippen molar-refractivity contribution < 1.29 is 19.1 Å². The first-order valence-electron chi connectivity index (χ1n) is 8.27. The lowest BCUT2D eigenvalue weighted by Crippen LogP contribution is -2.12. The molecule has 0 fully saturated rings. The molecule has 7 nitrogen and oxygen atoms in total. The van der Waals surface area contributed by atoms with Crippen LogP contribution in [0.4, 0.5) is 10.8 Å². The number of hydrogen-bond acceptors (Lipinski definition) is 6. The Hall–Kier alpha value is -3.13. The van der Waals surface area contributed by atoms with Crippen LogP contribution in [-0.2, 0) is 4.79 Å². The highest BCUT2D eigenvalue weighted by Crippen LogP contribution is 2.29. The lowest BCUT2D eigenvalue weighted by Gasteiger charge is -2.09. The van der Waals surface area contributed by atoms with E-state index < -0.39 is 0 Å². The monoisotopic (exact) mass is 385 g/mol. The van der Waals surface area contributed by atoms with Gasteiger partial charge in [0.05, 0.1) is 24.4 Å². The van der Waals surface area contributed by atoms with Gasteiger partial charge in [0.1, 0.15) is 11.5 Å². The minimum absolute atomic E-state index is 0.0884. The summed E-state index contributed by atoms with van der Waals surface area (Å²) in [5.41, 5.74) is 1.72. The minimum Gasteiger partial charge on any atom is -0.497 e. The number of fused-ring (bicyclic) bond motifs is 1. The van der Waals surface area contributed by atoms with Crippen molar-refractivity contribution in [1.29, 1.82) is 0 Å². The maximum absolute atomic E-state index is 12.6. The quantitative estimate of drug-likeness (QED) is 0.671.